The Kier molecular flexibility index (Phi) is 7.01. The molecule has 2 rings (SSSR count). The third-order valence-corrected chi connectivity index (χ3v) is 4.40. The topological polar surface area (TPSA) is 82.1 Å². The third kappa shape index (κ3) is 5.34. The number of hydrogen-bond acceptors (Lipinski definition) is 5. The van der Waals surface area contributed by atoms with Crippen LogP contribution in [0.2, 0.25) is 0 Å². The zero-order chi connectivity index (χ0) is 20.0. The molecule has 0 aromatic heterocycles. The van der Waals surface area contributed by atoms with Crippen molar-refractivity contribution in [3.63, 3.8) is 0 Å². The van der Waals surface area contributed by atoms with E-state index < -0.39 is 12.1 Å². The Morgan fingerprint density at radius 1 is 1.07 bits per heavy atom. The quantitative estimate of drug-likeness (QED) is 0.494. The van der Waals surface area contributed by atoms with Gasteiger partial charge in [-0.05, 0) is 61.0 Å². The summed E-state index contributed by atoms with van der Waals surface area (Å²) in [6, 6.07) is 9.82. The smallest absolute Gasteiger partial charge is 0.344 e. The Bertz CT molecular complexity index is 858. The second kappa shape index (κ2) is 9.23. The van der Waals surface area contributed by atoms with E-state index in [2.05, 4.69) is 15.9 Å². The first-order valence-corrected chi connectivity index (χ1v) is 8.78. The average Bonchev–Trinajstić information content (AvgIpc) is 2.66. The van der Waals surface area contributed by atoms with Crippen LogP contribution in [0.5, 0.6) is 17.2 Å². The first-order chi connectivity index (χ1) is 12.8. The van der Waals surface area contributed by atoms with Crippen LogP contribution in [0.25, 0.3) is 6.08 Å². The van der Waals surface area contributed by atoms with Crippen LogP contribution < -0.4 is 14.2 Å². The van der Waals surface area contributed by atoms with Gasteiger partial charge in [0.25, 0.3) is 0 Å². The highest BCUT2D eigenvalue weighted by Crippen LogP contribution is 2.33. The van der Waals surface area contributed by atoms with E-state index in [9.17, 15) is 9.59 Å². The van der Waals surface area contributed by atoms with Crippen molar-refractivity contribution in [2.24, 2.45) is 0 Å². The van der Waals surface area contributed by atoms with E-state index in [0.717, 1.165) is 10.0 Å². The fraction of sp³-hybridized carbons (Fsp3) is 0.200. The van der Waals surface area contributed by atoms with Gasteiger partial charge in [-0.1, -0.05) is 15.9 Å². The maximum Gasteiger partial charge on any atom is 0.344 e. The third-order valence-electron chi connectivity index (χ3n) is 3.72. The molecular formula is C20H19BrO6. The zero-order valence-electron chi connectivity index (χ0n) is 15.1. The van der Waals surface area contributed by atoms with Gasteiger partial charge in [0, 0.05) is 10.0 Å². The van der Waals surface area contributed by atoms with E-state index in [1.165, 1.54) is 13.0 Å². The molecule has 0 aliphatic carbocycles. The molecular weight excluding hydrogens is 416 g/mol. The lowest BCUT2D eigenvalue weighted by molar-refractivity contribution is -0.144. The fourth-order valence-corrected chi connectivity index (χ4v) is 2.67. The molecule has 2 aromatic rings. The van der Waals surface area contributed by atoms with E-state index in [1.54, 1.807) is 56.7 Å². The molecule has 0 saturated heterocycles. The van der Waals surface area contributed by atoms with Crippen LogP contribution >= 0.6 is 15.9 Å². The van der Waals surface area contributed by atoms with Crippen LogP contribution in [0.1, 0.15) is 22.8 Å². The summed E-state index contributed by atoms with van der Waals surface area (Å²) in [5.74, 6) is 0.266. The van der Waals surface area contributed by atoms with Gasteiger partial charge >= 0.3 is 5.97 Å². The molecule has 7 heteroatoms. The van der Waals surface area contributed by atoms with Crippen LogP contribution in [0.15, 0.2) is 46.9 Å². The van der Waals surface area contributed by atoms with Crippen molar-refractivity contribution < 1.29 is 28.9 Å². The largest absolute Gasteiger partial charge is 0.493 e. The first-order valence-electron chi connectivity index (χ1n) is 7.99. The van der Waals surface area contributed by atoms with Crippen molar-refractivity contribution >= 4 is 33.8 Å². The monoisotopic (exact) mass is 434 g/mol. The van der Waals surface area contributed by atoms with Crippen LogP contribution in [-0.4, -0.2) is 37.2 Å². The lowest BCUT2D eigenvalue weighted by Crippen LogP contribution is -2.22. The van der Waals surface area contributed by atoms with Gasteiger partial charge in [-0.2, -0.15) is 0 Å². The van der Waals surface area contributed by atoms with Gasteiger partial charge in [-0.15, -0.1) is 0 Å². The maximum absolute atomic E-state index is 12.4. The number of hydrogen-bond donors (Lipinski definition) is 1. The SMILES string of the molecule is COc1cc(Br)c(C=CC(=O)c2ccc(OC(C)C(=O)O)cc2)cc1OC. The molecule has 27 heavy (non-hydrogen) atoms. The molecule has 142 valence electrons. The van der Waals surface area contributed by atoms with Crippen molar-refractivity contribution in [2.45, 2.75) is 13.0 Å². The van der Waals surface area contributed by atoms with Gasteiger partial charge in [0.05, 0.1) is 14.2 Å². The molecule has 0 aliphatic rings. The fourth-order valence-electron chi connectivity index (χ4n) is 2.21. The molecule has 0 heterocycles. The molecule has 0 amide bonds. The minimum absolute atomic E-state index is 0.200. The van der Waals surface area contributed by atoms with Crippen LogP contribution in [0, 0.1) is 0 Å². The standard InChI is InChI=1S/C20H19BrO6/c1-12(20(23)24)27-15-7-4-13(5-8-15)17(22)9-6-14-10-18(25-2)19(26-3)11-16(14)21/h4-12H,1-3H3,(H,23,24). The summed E-state index contributed by atoms with van der Waals surface area (Å²) in [4.78, 5) is 23.2. The van der Waals surface area contributed by atoms with Crippen molar-refractivity contribution in [2.75, 3.05) is 14.2 Å². The van der Waals surface area contributed by atoms with Gasteiger partial charge in [-0.25, -0.2) is 4.79 Å². The van der Waals surface area contributed by atoms with E-state index in [-0.39, 0.29) is 5.78 Å². The Morgan fingerprint density at radius 2 is 1.67 bits per heavy atom. The Hall–Kier alpha value is -2.80. The second-order valence-electron chi connectivity index (χ2n) is 5.55. The molecule has 1 atom stereocenters. The number of rotatable bonds is 8. The molecule has 0 aliphatic heterocycles. The molecule has 0 bridgehead atoms. The minimum atomic E-state index is -1.06. The number of carboxylic acids is 1. The molecule has 0 saturated carbocycles. The second-order valence-corrected chi connectivity index (χ2v) is 6.40. The summed E-state index contributed by atoms with van der Waals surface area (Å²) < 4.78 is 16.5. The van der Waals surface area contributed by atoms with Gasteiger partial charge < -0.3 is 19.3 Å². The van der Waals surface area contributed by atoms with Gasteiger partial charge in [0.1, 0.15) is 5.75 Å². The summed E-state index contributed by atoms with van der Waals surface area (Å²) >= 11 is 3.44. The zero-order valence-corrected chi connectivity index (χ0v) is 16.6. The molecule has 2 aromatic carbocycles. The molecule has 0 spiro atoms. The van der Waals surface area contributed by atoms with E-state index in [0.29, 0.717) is 22.8 Å². The van der Waals surface area contributed by atoms with Crippen LogP contribution in [0.3, 0.4) is 0 Å². The summed E-state index contributed by atoms with van der Waals surface area (Å²) in [5.41, 5.74) is 1.22. The number of benzene rings is 2. The Balaban J connectivity index is 2.14. The lowest BCUT2D eigenvalue weighted by Gasteiger charge is -2.10. The molecule has 0 radical (unpaired) electrons. The normalized spacial score (nSPS) is 11.9. The van der Waals surface area contributed by atoms with Gasteiger partial charge in [-0.3, -0.25) is 4.79 Å². The van der Waals surface area contributed by atoms with E-state index >= 15 is 0 Å². The van der Waals surface area contributed by atoms with Gasteiger partial charge in [0.2, 0.25) is 0 Å². The number of carbonyl (C=O) groups excluding carboxylic acids is 1. The number of carboxylic acid groups (broad SMARTS) is 1. The van der Waals surface area contributed by atoms with E-state index in [4.69, 9.17) is 19.3 Å². The predicted octanol–water partition coefficient (Wildman–Crippen LogP) is 4.21. The van der Waals surface area contributed by atoms with Gasteiger partial charge in [0.15, 0.2) is 23.4 Å². The van der Waals surface area contributed by atoms with E-state index in [1.807, 2.05) is 0 Å². The van der Waals surface area contributed by atoms with Crippen molar-refractivity contribution in [1.82, 2.24) is 0 Å². The van der Waals surface area contributed by atoms with Crippen molar-refractivity contribution in [3.05, 3.63) is 58.1 Å². The van der Waals surface area contributed by atoms with Crippen LogP contribution in [0.4, 0.5) is 0 Å². The maximum atomic E-state index is 12.4. The Morgan fingerprint density at radius 3 is 2.22 bits per heavy atom. The lowest BCUT2D eigenvalue weighted by atomic mass is 10.1. The number of aliphatic carboxylic acids is 1. The minimum Gasteiger partial charge on any atom is -0.493 e. The highest BCUT2D eigenvalue weighted by Gasteiger charge is 2.13. The summed E-state index contributed by atoms with van der Waals surface area (Å²) in [6.07, 6.45) is 2.15. The summed E-state index contributed by atoms with van der Waals surface area (Å²) in [6.45, 7) is 1.44. The Labute approximate surface area is 165 Å². The molecule has 1 unspecified atom stereocenters. The summed E-state index contributed by atoms with van der Waals surface area (Å²) in [5, 5.41) is 8.85. The number of allylic oxidation sites excluding steroid dienone is 1. The van der Waals surface area contributed by atoms with Crippen molar-refractivity contribution in [1.29, 1.82) is 0 Å². The highest BCUT2D eigenvalue weighted by molar-refractivity contribution is 9.10. The molecule has 1 N–H and O–H groups in total. The number of ether oxygens (including phenoxy) is 3. The summed E-state index contributed by atoms with van der Waals surface area (Å²) in [7, 11) is 3.09. The first kappa shape index (κ1) is 20.5. The molecule has 6 nitrogen and oxygen atoms in total. The molecule has 0 fully saturated rings. The number of halogens is 1. The average molecular weight is 435 g/mol. The van der Waals surface area contributed by atoms with Crippen molar-refractivity contribution in [3.8, 4) is 17.2 Å². The number of carbonyl (C=O) groups is 2. The van der Waals surface area contributed by atoms with Crippen LogP contribution in [-0.2, 0) is 4.79 Å². The predicted molar refractivity (Wildman–Crippen MR) is 105 cm³/mol. The number of methoxy groups -OCH3 is 2. The number of ketones is 1. The highest BCUT2D eigenvalue weighted by atomic mass is 79.9.